The van der Waals surface area contributed by atoms with E-state index in [-0.39, 0.29) is 11.8 Å². The summed E-state index contributed by atoms with van der Waals surface area (Å²) in [5.41, 5.74) is 4.38. The lowest BCUT2D eigenvalue weighted by Crippen LogP contribution is -2.44. The SMILES string of the molecule is Cc1cc(C)cc(NC(=O)C(C)N2C(=O)c3cccc4cccc2c34)c1. The van der Waals surface area contributed by atoms with E-state index in [0.29, 0.717) is 5.56 Å². The first-order valence-electron chi connectivity index (χ1n) is 8.70. The van der Waals surface area contributed by atoms with E-state index in [1.165, 1.54) is 0 Å². The molecule has 3 aromatic carbocycles. The van der Waals surface area contributed by atoms with Crippen molar-refractivity contribution in [3.05, 3.63) is 71.3 Å². The van der Waals surface area contributed by atoms with Crippen LogP contribution in [0.4, 0.5) is 11.4 Å². The summed E-state index contributed by atoms with van der Waals surface area (Å²) >= 11 is 0. The molecule has 0 fully saturated rings. The number of hydrogen-bond acceptors (Lipinski definition) is 2. The average molecular weight is 344 g/mol. The zero-order valence-corrected chi connectivity index (χ0v) is 15.0. The second-order valence-electron chi connectivity index (χ2n) is 6.90. The van der Waals surface area contributed by atoms with Gasteiger partial charge in [-0.2, -0.15) is 0 Å². The van der Waals surface area contributed by atoms with Crippen LogP contribution in [0.15, 0.2) is 54.6 Å². The van der Waals surface area contributed by atoms with Crippen molar-refractivity contribution in [2.45, 2.75) is 26.8 Å². The van der Waals surface area contributed by atoms with Gasteiger partial charge in [-0.3, -0.25) is 14.5 Å². The van der Waals surface area contributed by atoms with Crippen molar-refractivity contribution in [1.82, 2.24) is 0 Å². The van der Waals surface area contributed by atoms with Crippen LogP contribution < -0.4 is 10.2 Å². The van der Waals surface area contributed by atoms with Gasteiger partial charge in [-0.1, -0.05) is 30.3 Å². The number of carbonyl (C=O) groups excluding carboxylic acids is 2. The summed E-state index contributed by atoms with van der Waals surface area (Å²) in [6.45, 7) is 5.75. The molecule has 0 radical (unpaired) electrons. The lowest BCUT2D eigenvalue weighted by molar-refractivity contribution is -0.117. The Bertz CT molecular complexity index is 1030. The van der Waals surface area contributed by atoms with E-state index in [1.807, 2.05) is 62.4 Å². The van der Waals surface area contributed by atoms with E-state index in [1.54, 1.807) is 11.8 Å². The molecule has 130 valence electrons. The first kappa shape index (κ1) is 16.3. The maximum atomic E-state index is 12.9. The number of carbonyl (C=O) groups is 2. The third kappa shape index (κ3) is 2.54. The predicted octanol–water partition coefficient (Wildman–Crippen LogP) is 4.44. The Labute approximate surface area is 152 Å². The quantitative estimate of drug-likeness (QED) is 0.763. The molecule has 26 heavy (non-hydrogen) atoms. The van der Waals surface area contributed by atoms with Crippen LogP contribution in [-0.2, 0) is 4.79 Å². The Hall–Kier alpha value is -3.14. The third-order valence-corrected chi connectivity index (χ3v) is 4.85. The largest absolute Gasteiger partial charge is 0.324 e. The molecule has 1 aliphatic rings. The van der Waals surface area contributed by atoms with Crippen molar-refractivity contribution in [1.29, 1.82) is 0 Å². The number of anilines is 2. The zero-order valence-electron chi connectivity index (χ0n) is 15.0. The summed E-state index contributed by atoms with van der Waals surface area (Å²) in [7, 11) is 0. The van der Waals surface area contributed by atoms with Gasteiger partial charge in [-0.25, -0.2) is 0 Å². The number of amides is 2. The second kappa shape index (κ2) is 5.99. The van der Waals surface area contributed by atoms with Gasteiger partial charge in [0.05, 0.1) is 5.69 Å². The van der Waals surface area contributed by atoms with Crippen molar-refractivity contribution < 1.29 is 9.59 Å². The van der Waals surface area contributed by atoms with Crippen molar-refractivity contribution in [2.75, 3.05) is 10.2 Å². The van der Waals surface area contributed by atoms with Gasteiger partial charge in [-0.05, 0) is 61.5 Å². The van der Waals surface area contributed by atoms with E-state index >= 15 is 0 Å². The van der Waals surface area contributed by atoms with Crippen LogP contribution >= 0.6 is 0 Å². The summed E-state index contributed by atoms with van der Waals surface area (Å²) in [4.78, 5) is 27.4. The van der Waals surface area contributed by atoms with Crippen LogP contribution in [0, 0.1) is 13.8 Å². The van der Waals surface area contributed by atoms with Crippen LogP contribution in [0.25, 0.3) is 10.8 Å². The highest BCUT2D eigenvalue weighted by Gasteiger charge is 2.35. The normalized spacial score (nSPS) is 14.0. The smallest absolute Gasteiger partial charge is 0.259 e. The van der Waals surface area contributed by atoms with Crippen molar-refractivity contribution >= 4 is 34.0 Å². The number of nitrogens with one attached hydrogen (secondary N) is 1. The summed E-state index contributed by atoms with van der Waals surface area (Å²) in [5, 5.41) is 4.88. The maximum absolute atomic E-state index is 12.9. The molecular formula is C22H20N2O2. The van der Waals surface area contributed by atoms with Gasteiger partial charge in [0, 0.05) is 16.6 Å². The lowest BCUT2D eigenvalue weighted by Gasteiger charge is -2.25. The van der Waals surface area contributed by atoms with Crippen LogP contribution in [-0.4, -0.2) is 17.9 Å². The van der Waals surface area contributed by atoms with Gasteiger partial charge in [-0.15, -0.1) is 0 Å². The Morgan fingerprint density at radius 3 is 2.35 bits per heavy atom. The van der Waals surface area contributed by atoms with Crippen LogP contribution in [0.5, 0.6) is 0 Å². The first-order chi connectivity index (χ1) is 12.5. The van der Waals surface area contributed by atoms with Gasteiger partial charge < -0.3 is 5.32 Å². The monoisotopic (exact) mass is 344 g/mol. The van der Waals surface area contributed by atoms with E-state index in [9.17, 15) is 9.59 Å². The highest BCUT2D eigenvalue weighted by atomic mass is 16.2. The van der Waals surface area contributed by atoms with Crippen LogP contribution in [0.2, 0.25) is 0 Å². The van der Waals surface area contributed by atoms with Crippen molar-refractivity contribution in [3.63, 3.8) is 0 Å². The maximum Gasteiger partial charge on any atom is 0.259 e. The molecule has 2 amide bonds. The number of rotatable bonds is 3. The molecule has 0 saturated heterocycles. The standard InChI is InChI=1S/C22H20N2O2/c1-13-10-14(2)12-17(11-13)23-21(25)15(3)24-19-9-5-7-16-6-4-8-18(20(16)19)22(24)26/h4-12,15H,1-3H3,(H,23,25). The molecule has 4 heteroatoms. The van der Waals surface area contributed by atoms with Gasteiger partial charge in [0.1, 0.15) is 6.04 Å². The van der Waals surface area contributed by atoms with Crippen molar-refractivity contribution in [3.8, 4) is 0 Å². The summed E-state index contributed by atoms with van der Waals surface area (Å²) < 4.78 is 0. The summed E-state index contributed by atoms with van der Waals surface area (Å²) in [5.74, 6) is -0.326. The zero-order chi connectivity index (χ0) is 18.4. The van der Waals surface area contributed by atoms with Gasteiger partial charge in [0.25, 0.3) is 5.91 Å². The second-order valence-corrected chi connectivity index (χ2v) is 6.90. The number of benzene rings is 3. The molecule has 0 aromatic heterocycles. The molecule has 1 atom stereocenters. The first-order valence-corrected chi connectivity index (χ1v) is 8.70. The average Bonchev–Trinajstić information content (AvgIpc) is 2.88. The summed E-state index contributed by atoms with van der Waals surface area (Å²) in [6.07, 6.45) is 0. The number of hydrogen-bond donors (Lipinski definition) is 1. The Morgan fingerprint density at radius 2 is 1.65 bits per heavy atom. The van der Waals surface area contributed by atoms with Crippen molar-refractivity contribution in [2.24, 2.45) is 0 Å². The van der Waals surface area contributed by atoms with E-state index in [4.69, 9.17) is 0 Å². The fourth-order valence-corrected chi connectivity index (χ4v) is 3.73. The molecule has 0 bridgehead atoms. The molecule has 1 heterocycles. The van der Waals surface area contributed by atoms with E-state index in [2.05, 4.69) is 11.4 Å². The predicted molar refractivity (Wildman–Crippen MR) is 105 cm³/mol. The van der Waals surface area contributed by atoms with Gasteiger partial charge >= 0.3 is 0 Å². The van der Waals surface area contributed by atoms with Gasteiger partial charge in [0.2, 0.25) is 5.91 Å². The van der Waals surface area contributed by atoms with E-state index in [0.717, 1.165) is 33.3 Å². The minimum absolute atomic E-state index is 0.125. The fourth-order valence-electron chi connectivity index (χ4n) is 3.73. The number of nitrogens with zero attached hydrogens (tertiary/aromatic N) is 1. The number of aryl methyl sites for hydroxylation is 2. The molecule has 0 aliphatic carbocycles. The Morgan fingerprint density at radius 1 is 1.00 bits per heavy atom. The molecule has 0 saturated carbocycles. The molecule has 4 rings (SSSR count). The molecule has 0 spiro atoms. The fraction of sp³-hybridized carbons (Fsp3) is 0.182. The topological polar surface area (TPSA) is 49.4 Å². The molecule has 1 N–H and O–H groups in total. The highest BCUT2D eigenvalue weighted by Crippen LogP contribution is 2.38. The highest BCUT2D eigenvalue weighted by molar-refractivity contribution is 6.26. The molecule has 4 nitrogen and oxygen atoms in total. The van der Waals surface area contributed by atoms with E-state index < -0.39 is 6.04 Å². The minimum Gasteiger partial charge on any atom is -0.324 e. The Balaban J connectivity index is 1.67. The molecule has 1 aliphatic heterocycles. The third-order valence-electron chi connectivity index (χ3n) is 4.85. The Kier molecular flexibility index (Phi) is 3.76. The minimum atomic E-state index is -0.610. The van der Waals surface area contributed by atoms with Crippen LogP contribution in [0.3, 0.4) is 0 Å². The van der Waals surface area contributed by atoms with Gasteiger partial charge in [0.15, 0.2) is 0 Å². The summed E-state index contributed by atoms with van der Waals surface area (Å²) in [6, 6.07) is 16.8. The molecule has 3 aromatic rings. The molecule has 1 unspecified atom stereocenters. The molecular weight excluding hydrogens is 324 g/mol. The lowest BCUT2D eigenvalue weighted by atomic mass is 10.1. The van der Waals surface area contributed by atoms with Crippen LogP contribution in [0.1, 0.15) is 28.4 Å².